The molecule has 0 saturated heterocycles. The van der Waals surface area contributed by atoms with Crippen LogP contribution in [0.5, 0.6) is 5.75 Å². The van der Waals surface area contributed by atoms with Gasteiger partial charge in [-0.2, -0.15) is 0 Å². The third-order valence-electron chi connectivity index (χ3n) is 4.89. The first-order valence-electron chi connectivity index (χ1n) is 9.27. The van der Waals surface area contributed by atoms with Crippen molar-refractivity contribution in [2.75, 3.05) is 7.11 Å². The van der Waals surface area contributed by atoms with Crippen LogP contribution in [0.1, 0.15) is 43.3 Å². The van der Waals surface area contributed by atoms with E-state index >= 15 is 0 Å². The van der Waals surface area contributed by atoms with Crippen LogP contribution in [0.25, 0.3) is 5.69 Å². The van der Waals surface area contributed by atoms with E-state index in [1.54, 1.807) is 7.11 Å². The summed E-state index contributed by atoms with van der Waals surface area (Å²) in [5.74, 6) is 0.839. The minimum Gasteiger partial charge on any atom is -0.497 e. The Morgan fingerprint density at radius 1 is 0.926 bits per heavy atom. The second kappa shape index (κ2) is 7.43. The van der Waals surface area contributed by atoms with Crippen molar-refractivity contribution in [3.63, 3.8) is 0 Å². The minimum absolute atomic E-state index is 0.162. The maximum absolute atomic E-state index is 5.19. The number of aromatic nitrogens is 1. The smallest absolute Gasteiger partial charge is 0.119 e. The van der Waals surface area contributed by atoms with Gasteiger partial charge in [-0.05, 0) is 67.3 Å². The molecular weight excluding hydrogens is 332 g/mol. The van der Waals surface area contributed by atoms with E-state index in [2.05, 4.69) is 74.5 Å². The molecule has 0 bridgehead atoms. The zero-order chi connectivity index (χ0) is 19.6. The molecule has 140 valence electrons. The first-order valence-corrected chi connectivity index (χ1v) is 9.27. The molecule has 27 heavy (non-hydrogen) atoms. The van der Waals surface area contributed by atoms with Gasteiger partial charge in [-0.25, -0.2) is 0 Å². The van der Waals surface area contributed by atoms with Crippen LogP contribution in [0.2, 0.25) is 0 Å². The lowest BCUT2D eigenvalue weighted by atomic mass is 9.87. The number of rotatable bonds is 4. The van der Waals surface area contributed by atoms with Gasteiger partial charge in [0, 0.05) is 28.9 Å². The quantitative estimate of drug-likeness (QED) is 0.512. The van der Waals surface area contributed by atoms with Crippen LogP contribution in [0.4, 0.5) is 5.69 Å². The molecule has 3 aromatic rings. The van der Waals surface area contributed by atoms with E-state index in [0.717, 1.165) is 17.0 Å². The highest BCUT2D eigenvalue weighted by atomic mass is 16.5. The summed E-state index contributed by atoms with van der Waals surface area (Å²) < 4.78 is 7.47. The third kappa shape index (κ3) is 4.13. The highest BCUT2D eigenvalue weighted by Gasteiger charge is 2.14. The van der Waals surface area contributed by atoms with Crippen molar-refractivity contribution in [1.82, 2.24) is 4.57 Å². The van der Waals surface area contributed by atoms with E-state index in [1.807, 2.05) is 30.5 Å². The zero-order valence-corrected chi connectivity index (χ0v) is 17.1. The molecule has 0 unspecified atom stereocenters. The molecule has 0 spiro atoms. The molecule has 3 rings (SSSR count). The third-order valence-corrected chi connectivity index (χ3v) is 4.89. The molecule has 0 amide bonds. The number of benzene rings is 2. The Morgan fingerprint density at radius 3 is 2.11 bits per heavy atom. The van der Waals surface area contributed by atoms with Gasteiger partial charge in [-0.1, -0.05) is 32.9 Å². The van der Waals surface area contributed by atoms with Crippen molar-refractivity contribution < 1.29 is 4.74 Å². The number of methoxy groups -OCH3 is 1. The van der Waals surface area contributed by atoms with Crippen LogP contribution < -0.4 is 4.74 Å². The van der Waals surface area contributed by atoms with Crippen molar-refractivity contribution >= 4 is 11.9 Å². The molecule has 2 aromatic carbocycles. The normalized spacial score (nSPS) is 11.9. The van der Waals surface area contributed by atoms with Crippen LogP contribution in [-0.4, -0.2) is 17.9 Å². The fourth-order valence-corrected chi connectivity index (χ4v) is 3.24. The standard InChI is InChI=1S/C24H28N2O/c1-17-15-19(16-25-21-9-13-23(27-6)14-10-21)18(2)26(17)22-11-7-20(8-12-22)24(3,4)5/h7-16H,1-6H3. The van der Waals surface area contributed by atoms with Crippen molar-refractivity contribution in [3.8, 4) is 11.4 Å². The Labute approximate surface area is 162 Å². The van der Waals surface area contributed by atoms with E-state index in [9.17, 15) is 0 Å². The van der Waals surface area contributed by atoms with Gasteiger partial charge in [0.05, 0.1) is 12.8 Å². The summed E-state index contributed by atoms with van der Waals surface area (Å²) in [5, 5.41) is 0. The second-order valence-corrected chi connectivity index (χ2v) is 7.91. The molecule has 3 heteroatoms. The molecule has 0 fully saturated rings. The van der Waals surface area contributed by atoms with Gasteiger partial charge in [0.15, 0.2) is 0 Å². The summed E-state index contributed by atoms with van der Waals surface area (Å²) in [4.78, 5) is 4.61. The average Bonchev–Trinajstić information content (AvgIpc) is 2.93. The molecule has 0 atom stereocenters. The molecule has 0 aliphatic heterocycles. The largest absolute Gasteiger partial charge is 0.497 e. The summed E-state index contributed by atoms with van der Waals surface area (Å²) in [6.45, 7) is 11.0. The van der Waals surface area contributed by atoms with E-state index < -0.39 is 0 Å². The predicted molar refractivity (Wildman–Crippen MR) is 114 cm³/mol. The molecule has 1 aromatic heterocycles. The van der Waals surface area contributed by atoms with Crippen molar-refractivity contribution in [2.24, 2.45) is 4.99 Å². The summed E-state index contributed by atoms with van der Waals surface area (Å²) in [6, 6.07) is 18.8. The number of nitrogens with zero attached hydrogens (tertiary/aromatic N) is 2. The first kappa shape index (κ1) is 19.0. The lowest BCUT2D eigenvalue weighted by Gasteiger charge is -2.20. The van der Waals surface area contributed by atoms with Gasteiger partial charge >= 0.3 is 0 Å². The number of aliphatic imine (C=N–C) groups is 1. The summed E-state index contributed by atoms with van der Waals surface area (Å²) in [5.41, 5.74) is 7.12. The molecule has 0 aliphatic rings. The number of aryl methyl sites for hydroxylation is 1. The fraction of sp³-hybridized carbons (Fsp3) is 0.292. The van der Waals surface area contributed by atoms with Crippen molar-refractivity contribution in [2.45, 2.75) is 40.0 Å². The minimum atomic E-state index is 0.162. The van der Waals surface area contributed by atoms with E-state index in [-0.39, 0.29) is 5.41 Å². The van der Waals surface area contributed by atoms with Gasteiger partial charge in [-0.15, -0.1) is 0 Å². The topological polar surface area (TPSA) is 26.5 Å². The van der Waals surface area contributed by atoms with Crippen LogP contribution in [0.3, 0.4) is 0 Å². The molecule has 0 saturated carbocycles. The van der Waals surface area contributed by atoms with Gasteiger partial charge in [0.25, 0.3) is 0 Å². The highest BCUT2D eigenvalue weighted by molar-refractivity contribution is 5.84. The second-order valence-electron chi connectivity index (χ2n) is 7.91. The van der Waals surface area contributed by atoms with Gasteiger partial charge in [-0.3, -0.25) is 4.99 Å². The average molecular weight is 361 g/mol. The molecule has 3 nitrogen and oxygen atoms in total. The summed E-state index contributed by atoms with van der Waals surface area (Å²) in [6.07, 6.45) is 1.93. The summed E-state index contributed by atoms with van der Waals surface area (Å²) >= 11 is 0. The molecule has 1 heterocycles. The Balaban J connectivity index is 1.89. The lowest BCUT2D eigenvalue weighted by molar-refractivity contribution is 0.415. The highest BCUT2D eigenvalue weighted by Crippen LogP contribution is 2.26. The Morgan fingerprint density at radius 2 is 1.56 bits per heavy atom. The fourth-order valence-electron chi connectivity index (χ4n) is 3.24. The SMILES string of the molecule is COc1ccc(N=Cc2cc(C)n(-c3ccc(C(C)(C)C)cc3)c2C)cc1. The van der Waals surface area contributed by atoms with Crippen molar-refractivity contribution in [3.05, 3.63) is 77.1 Å². The zero-order valence-electron chi connectivity index (χ0n) is 17.1. The van der Waals surface area contributed by atoms with Crippen LogP contribution in [0.15, 0.2) is 59.6 Å². The number of hydrogen-bond donors (Lipinski definition) is 0. The molecular formula is C24H28N2O. The van der Waals surface area contributed by atoms with Crippen LogP contribution in [0, 0.1) is 13.8 Å². The lowest BCUT2D eigenvalue weighted by Crippen LogP contribution is -2.11. The maximum atomic E-state index is 5.19. The molecule has 0 N–H and O–H groups in total. The van der Waals surface area contributed by atoms with Crippen LogP contribution >= 0.6 is 0 Å². The summed E-state index contributed by atoms with van der Waals surface area (Å²) in [7, 11) is 1.67. The van der Waals surface area contributed by atoms with Crippen LogP contribution in [-0.2, 0) is 5.41 Å². The maximum Gasteiger partial charge on any atom is 0.119 e. The van der Waals surface area contributed by atoms with E-state index in [4.69, 9.17) is 4.74 Å². The van der Waals surface area contributed by atoms with Gasteiger partial charge in [0.2, 0.25) is 0 Å². The Bertz CT molecular complexity index is 940. The molecule has 0 aliphatic carbocycles. The van der Waals surface area contributed by atoms with Gasteiger partial charge in [0.1, 0.15) is 5.75 Å². The number of ether oxygens (including phenoxy) is 1. The van der Waals surface area contributed by atoms with E-state index in [0.29, 0.717) is 0 Å². The molecule has 0 radical (unpaired) electrons. The Hall–Kier alpha value is -2.81. The number of hydrogen-bond acceptors (Lipinski definition) is 2. The predicted octanol–water partition coefficient (Wildman–Crippen LogP) is 6.15. The monoisotopic (exact) mass is 360 g/mol. The van der Waals surface area contributed by atoms with E-state index in [1.165, 1.54) is 22.6 Å². The van der Waals surface area contributed by atoms with Gasteiger partial charge < -0.3 is 9.30 Å². The first-order chi connectivity index (χ1) is 12.8. The van der Waals surface area contributed by atoms with Crippen molar-refractivity contribution in [1.29, 1.82) is 0 Å². The Kier molecular flexibility index (Phi) is 5.22.